The molecule has 0 bridgehead atoms. The van der Waals surface area contributed by atoms with Crippen LogP contribution in [0.4, 0.5) is 0 Å². The topological polar surface area (TPSA) is 42.0 Å². The summed E-state index contributed by atoms with van der Waals surface area (Å²) in [5.41, 5.74) is 2.56. The van der Waals surface area contributed by atoms with Crippen LogP contribution in [0, 0.1) is 10.8 Å². The maximum Gasteiger partial charge on any atom is 0.271 e. The van der Waals surface area contributed by atoms with Crippen molar-refractivity contribution in [3.05, 3.63) is 16.6 Å². The molecule has 1 aliphatic rings. The first kappa shape index (κ1) is 10.6. The van der Waals surface area contributed by atoms with Crippen molar-refractivity contribution in [3.63, 3.8) is 0 Å². The number of nitrogens with zero attached hydrogens (tertiary/aromatic N) is 1. The van der Waals surface area contributed by atoms with Gasteiger partial charge in [-0.25, -0.2) is 4.98 Å². The van der Waals surface area contributed by atoms with Crippen molar-refractivity contribution >= 4 is 17.2 Å². The number of hydrogen-bond donors (Lipinski definition) is 1. The Morgan fingerprint density at radius 3 is 2.40 bits per heavy atom. The van der Waals surface area contributed by atoms with E-state index in [4.69, 9.17) is 0 Å². The van der Waals surface area contributed by atoms with Gasteiger partial charge in [-0.3, -0.25) is 4.79 Å². The number of nitrogens with one attached hydrogen (secondary N) is 1. The van der Waals surface area contributed by atoms with Crippen LogP contribution < -0.4 is 5.32 Å². The van der Waals surface area contributed by atoms with Crippen molar-refractivity contribution in [3.8, 4) is 0 Å². The van der Waals surface area contributed by atoms with Gasteiger partial charge in [0.25, 0.3) is 5.91 Å². The third-order valence-corrected chi connectivity index (χ3v) is 4.55. The van der Waals surface area contributed by atoms with Gasteiger partial charge in [-0.15, -0.1) is 11.3 Å². The summed E-state index contributed by atoms with van der Waals surface area (Å²) in [6, 6.07) is 0.249. The zero-order chi connectivity index (χ0) is 11.3. The van der Waals surface area contributed by atoms with E-state index in [1.54, 1.807) is 10.9 Å². The summed E-state index contributed by atoms with van der Waals surface area (Å²) in [4.78, 5) is 15.8. The Kier molecular flexibility index (Phi) is 2.15. The standard InChI is InChI=1S/C11H16N2OS/c1-10(2)9(11(10,3)4)13-8(14)7-5-15-6-12-7/h5-6,9H,1-4H3,(H,13,14). The van der Waals surface area contributed by atoms with Crippen molar-refractivity contribution in [2.45, 2.75) is 33.7 Å². The minimum atomic E-state index is -0.0556. The van der Waals surface area contributed by atoms with Gasteiger partial charge in [-0.1, -0.05) is 27.7 Å². The van der Waals surface area contributed by atoms with Gasteiger partial charge in [0.15, 0.2) is 0 Å². The van der Waals surface area contributed by atoms with E-state index in [0.29, 0.717) is 5.69 Å². The highest BCUT2D eigenvalue weighted by Gasteiger charge is 2.65. The van der Waals surface area contributed by atoms with E-state index in [2.05, 4.69) is 38.0 Å². The molecule has 1 amide bonds. The Morgan fingerprint density at radius 2 is 2.00 bits per heavy atom. The van der Waals surface area contributed by atoms with E-state index < -0.39 is 0 Å². The van der Waals surface area contributed by atoms with Gasteiger partial charge >= 0.3 is 0 Å². The summed E-state index contributed by atoms with van der Waals surface area (Å²) in [7, 11) is 0. The fraction of sp³-hybridized carbons (Fsp3) is 0.636. The molecule has 0 aliphatic heterocycles. The van der Waals surface area contributed by atoms with Gasteiger partial charge in [-0.05, 0) is 10.8 Å². The smallest absolute Gasteiger partial charge is 0.271 e. The molecule has 0 spiro atoms. The van der Waals surface area contributed by atoms with E-state index in [1.165, 1.54) is 11.3 Å². The average Bonchev–Trinajstić information content (AvgIpc) is 2.65. The zero-order valence-electron chi connectivity index (χ0n) is 9.50. The van der Waals surface area contributed by atoms with Crippen LogP contribution in [0.15, 0.2) is 10.9 Å². The molecule has 1 N–H and O–H groups in total. The average molecular weight is 224 g/mol. The Morgan fingerprint density at radius 1 is 1.40 bits per heavy atom. The van der Waals surface area contributed by atoms with Crippen LogP contribution in [-0.2, 0) is 0 Å². The third kappa shape index (κ3) is 1.47. The molecule has 15 heavy (non-hydrogen) atoms. The number of amides is 1. The second-order valence-electron chi connectivity index (χ2n) is 5.22. The maximum absolute atomic E-state index is 11.8. The van der Waals surface area contributed by atoms with Gasteiger partial charge in [-0.2, -0.15) is 0 Å². The zero-order valence-corrected chi connectivity index (χ0v) is 10.3. The molecule has 0 radical (unpaired) electrons. The molecule has 4 heteroatoms. The molecule has 1 fully saturated rings. The molecule has 0 saturated heterocycles. The van der Waals surface area contributed by atoms with Crippen LogP contribution in [0.3, 0.4) is 0 Å². The molecule has 0 aromatic carbocycles. The monoisotopic (exact) mass is 224 g/mol. The summed E-state index contributed by atoms with van der Waals surface area (Å²) < 4.78 is 0. The van der Waals surface area contributed by atoms with Gasteiger partial charge in [0.1, 0.15) is 5.69 Å². The Hall–Kier alpha value is -0.900. The van der Waals surface area contributed by atoms with Crippen molar-refractivity contribution in [1.29, 1.82) is 0 Å². The maximum atomic E-state index is 11.8. The van der Waals surface area contributed by atoms with Crippen molar-refractivity contribution in [1.82, 2.24) is 10.3 Å². The van der Waals surface area contributed by atoms with Gasteiger partial charge < -0.3 is 5.32 Å². The second-order valence-corrected chi connectivity index (χ2v) is 5.94. The van der Waals surface area contributed by atoms with E-state index in [9.17, 15) is 4.79 Å². The fourth-order valence-corrected chi connectivity index (χ4v) is 2.62. The normalized spacial score (nSPS) is 22.4. The van der Waals surface area contributed by atoms with Gasteiger partial charge in [0.05, 0.1) is 5.51 Å². The molecule has 82 valence electrons. The van der Waals surface area contributed by atoms with Crippen LogP contribution in [0.1, 0.15) is 38.2 Å². The largest absolute Gasteiger partial charge is 0.347 e. The number of rotatable bonds is 2. The number of hydrogen-bond acceptors (Lipinski definition) is 3. The summed E-state index contributed by atoms with van der Waals surface area (Å²) >= 11 is 1.44. The highest BCUT2D eigenvalue weighted by Crippen LogP contribution is 2.62. The predicted octanol–water partition coefficient (Wildman–Crippen LogP) is 2.31. The van der Waals surface area contributed by atoms with Crippen molar-refractivity contribution < 1.29 is 4.79 Å². The van der Waals surface area contributed by atoms with Crippen molar-refractivity contribution in [2.24, 2.45) is 10.8 Å². The number of thiazole rings is 1. The lowest BCUT2D eigenvalue weighted by Crippen LogP contribution is -2.29. The number of carbonyl (C=O) groups is 1. The molecule has 1 aromatic heterocycles. The molecule has 0 unspecified atom stereocenters. The highest BCUT2D eigenvalue weighted by atomic mass is 32.1. The van der Waals surface area contributed by atoms with E-state index in [-0.39, 0.29) is 22.8 Å². The fourth-order valence-electron chi connectivity index (χ4n) is 2.09. The quantitative estimate of drug-likeness (QED) is 0.837. The Bertz CT molecular complexity index is 367. The Labute approximate surface area is 93.9 Å². The van der Waals surface area contributed by atoms with Crippen LogP contribution in [0.2, 0.25) is 0 Å². The van der Waals surface area contributed by atoms with Gasteiger partial charge in [0, 0.05) is 11.4 Å². The lowest BCUT2D eigenvalue weighted by Gasteiger charge is -2.04. The lowest BCUT2D eigenvalue weighted by atomic mass is 10.0. The molecule has 3 nitrogen and oxygen atoms in total. The minimum Gasteiger partial charge on any atom is -0.347 e. The van der Waals surface area contributed by atoms with Crippen molar-refractivity contribution in [2.75, 3.05) is 0 Å². The van der Waals surface area contributed by atoms with Crippen LogP contribution in [-0.4, -0.2) is 16.9 Å². The van der Waals surface area contributed by atoms with Crippen LogP contribution >= 0.6 is 11.3 Å². The summed E-state index contributed by atoms with van der Waals surface area (Å²) in [6.07, 6.45) is 0. The predicted molar refractivity (Wildman–Crippen MR) is 60.9 cm³/mol. The van der Waals surface area contributed by atoms with Crippen LogP contribution in [0.25, 0.3) is 0 Å². The van der Waals surface area contributed by atoms with Gasteiger partial charge in [0.2, 0.25) is 0 Å². The SMILES string of the molecule is CC1(C)C(NC(=O)c2cscn2)C1(C)C. The van der Waals surface area contributed by atoms with Crippen LogP contribution in [0.5, 0.6) is 0 Å². The molecule has 1 heterocycles. The second kappa shape index (κ2) is 3.04. The molecular weight excluding hydrogens is 208 g/mol. The first-order valence-corrected chi connectivity index (χ1v) is 6.00. The number of carbonyl (C=O) groups excluding carboxylic acids is 1. The highest BCUT2D eigenvalue weighted by molar-refractivity contribution is 7.07. The lowest BCUT2D eigenvalue weighted by molar-refractivity contribution is 0.0939. The molecule has 1 saturated carbocycles. The molecule has 1 aromatic rings. The summed E-state index contributed by atoms with van der Waals surface area (Å²) in [5.74, 6) is -0.0556. The number of aromatic nitrogens is 1. The molecular formula is C11H16N2OS. The molecule has 2 rings (SSSR count). The first-order chi connectivity index (χ1) is 6.87. The summed E-state index contributed by atoms with van der Waals surface area (Å²) in [6.45, 7) is 8.72. The summed E-state index contributed by atoms with van der Waals surface area (Å²) in [5, 5.41) is 4.82. The van der Waals surface area contributed by atoms with E-state index >= 15 is 0 Å². The van der Waals surface area contributed by atoms with E-state index in [0.717, 1.165) is 0 Å². The first-order valence-electron chi connectivity index (χ1n) is 5.06. The minimum absolute atomic E-state index is 0.0556. The molecule has 1 aliphatic carbocycles. The molecule has 0 atom stereocenters. The third-order valence-electron chi connectivity index (χ3n) is 3.96. The van der Waals surface area contributed by atoms with E-state index in [1.807, 2.05) is 0 Å². The Balaban J connectivity index is 2.04.